The Morgan fingerprint density at radius 3 is 2.58 bits per heavy atom. The zero-order chi connectivity index (χ0) is 22.8. The van der Waals surface area contributed by atoms with Crippen LogP contribution in [0.3, 0.4) is 0 Å². The van der Waals surface area contributed by atoms with E-state index in [9.17, 15) is 22.8 Å². The molecular weight excluding hydrogens is 413 g/mol. The van der Waals surface area contributed by atoms with Crippen molar-refractivity contribution in [3.8, 4) is 5.69 Å². The molecule has 2 aromatic rings. The van der Waals surface area contributed by atoms with Gasteiger partial charge in [0.15, 0.2) is 0 Å². The SMILES string of the molecule is CCOC(=O)[C@@H](N[C@@H]1CCN(CC(F)(F)F)C1=O)c1c(C)nn(-c2ccccc2)c1C. The largest absolute Gasteiger partial charge is 0.465 e. The zero-order valence-electron chi connectivity index (χ0n) is 17.6. The normalized spacial score (nSPS) is 17.8. The predicted molar refractivity (Wildman–Crippen MR) is 107 cm³/mol. The summed E-state index contributed by atoms with van der Waals surface area (Å²) < 4.78 is 45.1. The number of amides is 1. The van der Waals surface area contributed by atoms with E-state index in [0.717, 1.165) is 10.6 Å². The quantitative estimate of drug-likeness (QED) is 0.673. The van der Waals surface area contributed by atoms with Gasteiger partial charge >= 0.3 is 12.1 Å². The van der Waals surface area contributed by atoms with Crippen molar-refractivity contribution in [1.29, 1.82) is 0 Å². The number of aryl methyl sites for hydroxylation is 1. The van der Waals surface area contributed by atoms with Gasteiger partial charge < -0.3 is 9.64 Å². The van der Waals surface area contributed by atoms with E-state index in [0.29, 0.717) is 17.0 Å². The minimum Gasteiger partial charge on any atom is -0.465 e. The van der Waals surface area contributed by atoms with Crippen LogP contribution in [-0.4, -0.2) is 58.5 Å². The Kier molecular flexibility index (Phi) is 6.68. The van der Waals surface area contributed by atoms with Gasteiger partial charge in [0.25, 0.3) is 0 Å². The van der Waals surface area contributed by atoms with Crippen LogP contribution in [0.4, 0.5) is 13.2 Å². The summed E-state index contributed by atoms with van der Waals surface area (Å²) in [4.78, 5) is 26.0. The Labute approximate surface area is 178 Å². The minimum absolute atomic E-state index is 0.0349. The predicted octanol–water partition coefficient (Wildman–Crippen LogP) is 2.85. The van der Waals surface area contributed by atoms with Crippen molar-refractivity contribution >= 4 is 11.9 Å². The molecule has 0 unspecified atom stereocenters. The molecule has 1 aromatic heterocycles. The van der Waals surface area contributed by atoms with Gasteiger partial charge in [-0.3, -0.25) is 10.1 Å². The summed E-state index contributed by atoms with van der Waals surface area (Å²) in [7, 11) is 0. The molecule has 0 bridgehead atoms. The van der Waals surface area contributed by atoms with Crippen molar-refractivity contribution in [3.63, 3.8) is 0 Å². The van der Waals surface area contributed by atoms with Crippen molar-refractivity contribution in [3.05, 3.63) is 47.3 Å². The number of para-hydroxylation sites is 1. The van der Waals surface area contributed by atoms with E-state index in [1.165, 1.54) is 0 Å². The second-order valence-electron chi connectivity index (χ2n) is 7.40. The van der Waals surface area contributed by atoms with E-state index in [1.54, 1.807) is 25.5 Å². The highest BCUT2D eigenvalue weighted by molar-refractivity contribution is 5.86. The van der Waals surface area contributed by atoms with Gasteiger partial charge in [-0.1, -0.05) is 18.2 Å². The number of ether oxygens (including phenoxy) is 1. The Bertz CT molecular complexity index is 943. The van der Waals surface area contributed by atoms with Crippen molar-refractivity contribution in [2.75, 3.05) is 19.7 Å². The molecule has 1 aliphatic heterocycles. The molecule has 31 heavy (non-hydrogen) atoms. The van der Waals surface area contributed by atoms with Gasteiger partial charge in [-0.15, -0.1) is 0 Å². The number of carbonyl (C=O) groups is 2. The number of nitrogens with one attached hydrogen (secondary N) is 1. The van der Waals surface area contributed by atoms with Crippen LogP contribution < -0.4 is 5.32 Å². The van der Waals surface area contributed by atoms with Crippen molar-refractivity contribution < 1.29 is 27.5 Å². The smallest absolute Gasteiger partial charge is 0.406 e. The molecule has 0 spiro atoms. The highest BCUT2D eigenvalue weighted by atomic mass is 19.4. The van der Waals surface area contributed by atoms with Crippen LogP contribution in [0.1, 0.15) is 36.3 Å². The molecule has 0 saturated carbocycles. The van der Waals surface area contributed by atoms with Gasteiger partial charge in [-0.25, -0.2) is 9.48 Å². The number of carbonyl (C=O) groups excluding carboxylic acids is 2. The summed E-state index contributed by atoms with van der Waals surface area (Å²) in [6.45, 7) is 3.98. The number of benzene rings is 1. The van der Waals surface area contributed by atoms with Crippen LogP contribution >= 0.6 is 0 Å². The molecule has 1 aromatic carbocycles. The number of hydrogen-bond donors (Lipinski definition) is 1. The molecule has 3 rings (SSSR count). The molecule has 0 radical (unpaired) electrons. The molecule has 1 fully saturated rings. The van der Waals surface area contributed by atoms with E-state index in [2.05, 4.69) is 10.4 Å². The summed E-state index contributed by atoms with van der Waals surface area (Å²) in [5, 5.41) is 7.47. The fourth-order valence-electron chi connectivity index (χ4n) is 3.86. The number of alkyl halides is 3. The van der Waals surface area contributed by atoms with Crippen molar-refractivity contribution in [1.82, 2.24) is 20.0 Å². The van der Waals surface area contributed by atoms with E-state index in [-0.39, 0.29) is 19.6 Å². The number of hydrogen-bond acceptors (Lipinski definition) is 5. The second-order valence-corrected chi connectivity index (χ2v) is 7.40. The van der Waals surface area contributed by atoms with Crippen LogP contribution in [0.15, 0.2) is 30.3 Å². The summed E-state index contributed by atoms with van der Waals surface area (Å²) >= 11 is 0. The molecule has 10 heteroatoms. The number of esters is 1. The van der Waals surface area contributed by atoms with Crippen LogP contribution in [0.25, 0.3) is 5.69 Å². The molecule has 1 N–H and O–H groups in total. The van der Waals surface area contributed by atoms with Crippen LogP contribution in [-0.2, 0) is 14.3 Å². The Hall–Kier alpha value is -2.88. The molecule has 2 heterocycles. The van der Waals surface area contributed by atoms with Gasteiger partial charge in [-0.05, 0) is 39.3 Å². The maximum Gasteiger partial charge on any atom is 0.406 e. The number of halogens is 3. The number of likely N-dealkylation sites (tertiary alicyclic amines) is 1. The molecular formula is C21H25F3N4O3. The lowest BCUT2D eigenvalue weighted by Crippen LogP contribution is -2.45. The Balaban J connectivity index is 1.90. The maximum atomic E-state index is 12.8. The third-order valence-electron chi connectivity index (χ3n) is 5.19. The Morgan fingerprint density at radius 1 is 1.29 bits per heavy atom. The molecule has 168 valence electrons. The average molecular weight is 438 g/mol. The van der Waals surface area contributed by atoms with E-state index in [1.807, 2.05) is 30.3 Å². The van der Waals surface area contributed by atoms with E-state index >= 15 is 0 Å². The average Bonchev–Trinajstić information content (AvgIpc) is 3.19. The summed E-state index contributed by atoms with van der Waals surface area (Å²) in [5.41, 5.74) is 2.57. The van der Waals surface area contributed by atoms with Crippen molar-refractivity contribution in [2.45, 2.75) is 45.5 Å². The van der Waals surface area contributed by atoms with Gasteiger partial charge in [-0.2, -0.15) is 18.3 Å². The number of aromatic nitrogens is 2. The highest BCUT2D eigenvalue weighted by Crippen LogP contribution is 2.28. The van der Waals surface area contributed by atoms with E-state index in [4.69, 9.17) is 4.74 Å². The van der Waals surface area contributed by atoms with E-state index < -0.39 is 36.7 Å². The lowest BCUT2D eigenvalue weighted by molar-refractivity contribution is -0.158. The first-order valence-corrected chi connectivity index (χ1v) is 10.0. The van der Waals surface area contributed by atoms with Gasteiger partial charge in [0.1, 0.15) is 12.6 Å². The van der Waals surface area contributed by atoms with Crippen LogP contribution in [0, 0.1) is 13.8 Å². The highest BCUT2D eigenvalue weighted by Gasteiger charge is 2.41. The fourth-order valence-corrected chi connectivity index (χ4v) is 3.86. The molecule has 7 nitrogen and oxygen atoms in total. The molecule has 0 aliphatic carbocycles. The third-order valence-corrected chi connectivity index (χ3v) is 5.19. The first-order chi connectivity index (χ1) is 14.6. The van der Waals surface area contributed by atoms with Crippen LogP contribution in [0.5, 0.6) is 0 Å². The molecule has 1 saturated heterocycles. The first kappa shape index (κ1) is 22.8. The monoisotopic (exact) mass is 438 g/mol. The zero-order valence-corrected chi connectivity index (χ0v) is 17.6. The second kappa shape index (κ2) is 9.09. The van der Waals surface area contributed by atoms with Gasteiger partial charge in [0.2, 0.25) is 5.91 Å². The fraction of sp³-hybridized carbons (Fsp3) is 0.476. The topological polar surface area (TPSA) is 76.5 Å². The lowest BCUT2D eigenvalue weighted by Gasteiger charge is -2.23. The summed E-state index contributed by atoms with van der Waals surface area (Å²) in [6, 6.07) is 7.37. The van der Waals surface area contributed by atoms with Gasteiger partial charge in [0, 0.05) is 17.8 Å². The Morgan fingerprint density at radius 2 is 1.97 bits per heavy atom. The molecule has 1 aliphatic rings. The third kappa shape index (κ3) is 5.07. The standard InChI is InChI=1S/C21H25F3N4O3/c1-4-31-20(30)18(25-16-10-11-27(19(16)29)12-21(22,23)24)17-13(2)26-28(14(17)3)15-8-6-5-7-9-15/h5-9,16,18,25H,4,10-12H2,1-3H3/t16-,18+/m1/s1. The van der Waals surface area contributed by atoms with Crippen molar-refractivity contribution in [2.24, 2.45) is 0 Å². The maximum absolute atomic E-state index is 12.8. The molecule has 2 atom stereocenters. The number of nitrogens with zero attached hydrogens (tertiary/aromatic N) is 3. The molecule has 1 amide bonds. The summed E-state index contributed by atoms with van der Waals surface area (Å²) in [6.07, 6.45) is -4.31. The lowest BCUT2D eigenvalue weighted by atomic mass is 10.0. The van der Waals surface area contributed by atoms with Gasteiger partial charge in [0.05, 0.1) is 24.0 Å². The number of rotatable bonds is 7. The minimum atomic E-state index is -4.48. The summed E-state index contributed by atoms with van der Waals surface area (Å²) in [5.74, 6) is -1.29. The van der Waals surface area contributed by atoms with Crippen LogP contribution in [0.2, 0.25) is 0 Å². The first-order valence-electron chi connectivity index (χ1n) is 10.0.